The Morgan fingerprint density at radius 3 is 2.80 bits per heavy atom. The van der Waals surface area contributed by atoms with Crippen molar-refractivity contribution in [3.05, 3.63) is 16.1 Å². The van der Waals surface area contributed by atoms with E-state index in [9.17, 15) is 0 Å². The van der Waals surface area contributed by atoms with Crippen LogP contribution >= 0.6 is 11.3 Å². The number of hydrogen-bond acceptors (Lipinski definition) is 4. The maximum atomic E-state index is 4.78. The summed E-state index contributed by atoms with van der Waals surface area (Å²) < 4.78 is 0. The average Bonchev–Trinajstić information content (AvgIpc) is 2.93. The minimum absolute atomic E-state index is 0.789. The highest BCUT2D eigenvalue weighted by Crippen LogP contribution is 2.24. The van der Waals surface area contributed by atoms with Crippen molar-refractivity contribution in [1.29, 1.82) is 0 Å². The number of nitrogens with one attached hydrogen (secondary N) is 1. The van der Waals surface area contributed by atoms with Gasteiger partial charge in [-0.05, 0) is 32.4 Å². The highest BCUT2D eigenvalue weighted by atomic mass is 32.1. The molecule has 0 aliphatic heterocycles. The summed E-state index contributed by atoms with van der Waals surface area (Å²) in [5.74, 6) is 0. The molecule has 1 N–H and O–H groups in total. The maximum absolute atomic E-state index is 4.78. The van der Waals surface area contributed by atoms with Crippen LogP contribution in [-0.2, 0) is 13.1 Å². The van der Waals surface area contributed by atoms with Crippen LogP contribution < -0.4 is 5.32 Å². The van der Waals surface area contributed by atoms with Crippen LogP contribution in [0.25, 0.3) is 0 Å². The first-order valence-corrected chi connectivity index (χ1v) is 9.09. The molecule has 1 heterocycles. The number of rotatable bonds is 8. The van der Waals surface area contributed by atoms with Crippen molar-refractivity contribution < 1.29 is 0 Å². The predicted octanol–water partition coefficient (Wildman–Crippen LogP) is 3.80. The minimum Gasteiger partial charge on any atom is -0.310 e. The first kappa shape index (κ1) is 15.9. The molecule has 0 bridgehead atoms. The Labute approximate surface area is 127 Å². The zero-order valence-electron chi connectivity index (χ0n) is 13.0. The molecule has 2 rings (SSSR count). The molecule has 0 amide bonds. The van der Waals surface area contributed by atoms with Gasteiger partial charge in [-0.3, -0.25) is 4.90 Å². The Morgan fingerprint density at radius 1 is 1.30 bits per heavy atom. The van der Waals surface area contributed by atoms with Crippen molar-refractivity contribution in [2.45, 2.75) is 71.5 Å². The van der Waals surface area contributed by atoms with Crippen molar-refractivity contribution >= 4 is 11.3 Å². The Bertz CT molecular complexity index is 372. The number of nitrogens with zero attached hydrogens (tertiary/aromatic N) is 2. The van der Waals surface area contributed by atoms with Gasteiger partial charge >= 0.3 is 0 Å². The monoisotopic (exact) mass is 295 g/mol. The van der Waals surface area contributed by atoms with Gasteiger partial charge in [-0.15, -0.1) is 11.3 Å². The third kappa shape index (κ3) is 4.83. The van der Waals surface area contributed by atoms with E-state index in [0.29, 0.717) is 0 Å². The first-order valence-electron chi connectivity index (χ1n) is 8.21. The van der Waals surface area contributed by atoms with Crippen LogP contribution in [0.4, 0.5) is 0 Å². The average molecular weight is 295 g/mol. The summed E-state index contributed by atoms with van der Waals surface area (Å²) >= 11 is 1.80. The molecule has 1 aromatic heterocycles. The number of hydrogen-bond donors (Lipinski definition) is 1. The van der Waals surface area contributed by atoms with Crippen LogP contribution in [0.5, 0.6) is 0 Å². The number of thiazole rings is 1. The van der Waals surface area contributed by atoms with Gasteiger partial charge in [0.15, 0.2) is 0 Å². The van der Waals surface area contributed by atoms with Crippen molar-refractivity contribution in [3.8, 4) is 0 Å². The molecule has 1 aromatic rings. The lowest BCUT2D eigenvalue weighted by Crippen LogP contribution is -2.36. The topological polar surface area (TPSA) is 28.2 Å². The van der Waals surface area contributed by atoms with E-state index < -0.39 is 0 Å². The van der Waals surface area contributed by atoms with Gasteiger partial charge in [-0.1, -0.05) is 33.1 Å². The highest BCUT2D eigenvalue weighted by molar-refractivity contribution is 7.09. The summed E-state index contributed by atoms with van der Waals surface area (Å²) in [5, 5.41) is 6.90. The van der Waals surface area contributed by atoms with E-state index in [4.69, 9.17) is 4.98 Å². The Hall–Kier alpha value is -0.450. The SMILES string of the molecule is CCCNCc1nc(CN(CC)C2CCCCC2)cs1. The molecule has 0 radical (unpaired) electrons. The smallest absolute Gasteiger partial charge is 0.107 e. The quantitative estimate of drug-likeness (QED) is 0.739. The van der Waals surface area contributed by atoms with Crippen molar-refractivity contribution in [1.82, 2.24) is 15.2 Å². The van der Waals surface area contributed by atoms with E-state index in [1.54, 1.807) is 11.3 Å². The molecule has 3 nitrogen and oxygen atoms in total. The molecule has 1 fully saturated rings. The second kappa shape index (κ2) is 8.75. The van der Waals surface area contributed by atoms with Gasteiger partial charge in [0, 0.05) is 24.5 Å². The summed E-state index contributed by atoms with van der Waals surface area (Å²) in [7, 11) is 0. The molecule has 0 unspecified atom stereocenters. The maximum Gasteiger partial charge on any atom is 0.107 e. The van der Waals surface area contributed by atoms with E-state index in [2.05, 4.69) is 29.4 Å². The zero-order chi connectivity index (χ0) is 14.2. The fraction of sp³-hybridized carbons (Fsp3) is 0.812. The van der Waals surface area contributed by atoms with E-state index in [0.717, 1.165) is 32.2 Å². The van der Waals surface area contributed by atoms with E-state index in [1.165, 1.54) is 49.2 Å². The summed E-state index contributed by atoms with van der Waals surface area (Å²) in [6, 6.07) is 0.789. The van der Waals surface area contributed by atoms with Crippen molar-refractivity contribution in [2.75, 3.05) is 13.1 Å². The van der Waals surface area contributed by atoms with Gasteiger partial charge in [0.25, 0.3) is 0 Å². The van der Waals surface area contributed by atoms with Gasteiger partial charge in [-0.25, -0.2) is 4.98 Å². The molecule has 0 aromatic carbocycles. The molecule has 114 valence electrons. The van der Waals surface area contributed by atoms with Crippen LogP contribution in [0, 0.1) is 0 Å². The summed E-state index contributed by atoms with van der Waals surface area (Å²) in [5.41, 5.74) is 1.26. The molecule has 0 saturated heterocycles. The zero-order valence-corrected chi connectivity index (χ0v) is 13.8. The highest BCUT2D eigenvalue weighted by Gasteiger charge is 2.20. The van der Waals surface area contributed by atoms with Gasteiger partial charge in [0.05, 0.1) is 5.69 Å². The molecule has 0 atom stereocenters. The predicted molar refractivity (Wildman–Crippen MR) is 87.1 cm³/mol. The molecular formula is C16H29N3S. The fourth-order valence-corrected chi connectivity index (χ4v) is 3.78. The van der Waals surface area contributed by atoms with Crippen LogP contribution in [0.15, 0.2) is 5.38 Å². The molecule has 0 spiro atoms. The molecule has 1 saturated carbocycles. The van der Waals surface area contributed by atoms with Crippen LogP contribution in [0.2, 0.25) is 0 Å². The van der Waals surface area contributed by atoms with Crippen molar-refractivity contribution in [3.63, 3.8) is 0 Å². The molecular weight excluding hydrogens is 266 g/mol. The lowest BCUT2D eigenvalue weighted by molar-refractivity contribution is 0.154. The summed E-state index contributed by atoms with van der Waals surface area (Å²) in [4.78, 5) is 7.40. The molecule has 20 heavy (non-hydrogen) atoms. The van der Waals surface area contributed by atoms with Gasteiger partial charge in [0.1, 0.15) is 5.01 Å². The van der Waals surface area contributed by atoms with Gasteiger partial charge in [0.2, 0.25) is 0 Å². The lowest BCUT2D eigenvalue weighted by Gasteiger charge is -2.33. The van der Waals surface area contributed by atoms with E-state index >= 15 is 0 Å². The Morgan fingerprint density at radius 2 is 2.10 bits per heavy atom. The fourth-order valence-electron chi connectivity index (χ4n) is 3.03. The van der Waals surface area contributed by atoms with Gasteiger partial charge < -0.3 is 5.32 Å². The summed E-state index contributed by atoms with van der Waals surface area (Å²) in [6.07, 6.45) is 8.18. The van der Waals surface area contributed by atoms with Gasteiger partial charge in [-0.2, -0.15) is 0 Å². The first-order chi connectivity index (χ1) is 9.83. The normalized spacial score (nSPS) is 16.9. The third-order valence-corrected chi connectivity index (χ3v) is 5.06. The Balaban J connectivity index is 1.84. The lowest BCUT2D eigenvalue weighted by atomic mass is 9.94. The second-order valence-corrected chi connectivity index (χ2v) is 6.71. The minimum atomic E-state index is 0.789. The van der Waals surface area contributed by atoms with E-state index in [-0.39, 0.29) is 0 Å². The standard InChI is InChI=1S/C16H29N3S/c1-3-10-17-11-16-18-14(13-20-16)12-19(4-2)15-8-6-5-7-9-15/h13,15,17H,3-12H2,1-2H3. The van der Waals surface area contributed by atoms with Crippen LogP contribution in [0.3, 0.4) is 0 Å². The molecule has 1 aliphatic rings. The van der Waals surface area contributed by atoms with Crippen LogP contribution in [0.1, 0.15) is 63.1 Å². The Kier molecular flexibility index (Phi) is 6.97. The second-order valence-electron chi connectivity index (χ2n) is 5.76. The molecule has 1 aliphatic carbocycles. The van der Waals surface area contributed by atoms with E-state index in [1.807, 2.05) is 0 Å². The summed E-state index contributed by atoms with van der Waals surface area (Å²) in [6.45, 7) is 8.66. The third-order valence-electron chi connectivity index (χ3n) is 4.16. The molecule has 4 heteroatoms. The van der Waals surface area contributed by atoms with Crippen LogP contribution in [-0.4, -0.2) is 29.0 Å². The number of aromatic nitrogens is 1. The largest absolute Gasteiger partial charge is 0.310 e. The van der Waals surface area contributed by atoms with Crippen molar-refractivity contribution in [2.24, 2.45) is 0 Å².